The van der Waals surface area contributed by atoms with Crippen molar-refractivity contribution in [3.05, 3.63) is 34.9 Å². The lowest BCUT2D eigenvalue weighted by atomic mass is 9.96. The van der Waals surface area contributed by atoms with Crippen LogP contribution in [0.15, 0.2) is 24.3 Å². The Morgan fingerprint density at radius 2 is 1.71 bits per heavy atom. The maximum Gasteiger partial charge on any atom is 0.418 e. The number of benzene rings is 1. The van der Waals surface area contributed by atoms with Gasteiger partial charge in [0.25, 0.3) is 0 Å². The van der Waals surface area contributed by atoms with Crippen molar-refractivity contribution in [1.82, 2.24) is 0 Å². The maximum absolute atomic E-state index is 13.2. The van der Waals surface area contributed by atoms with Crippen molar-refractivity contribution in [2.24, 2.45) is 0 Å². The Morgan fingerprint density at radius 1 is 1.24 bits per heavy atom. The van der Waals surface area contributed by atoms with Gasteiger partial charge in [0.15, 0.2) is 11.7 Å². The van der Waals surface area contributed by atoms with E-state index in [4.69, 9.17) is 16.3 Å². The minimum Gasteiger partial charge on any atom is -0.479 e. The fourth-order valence-corrected chi connectivity index (χ4v) is 2.08. The Labute approximate surface area is 125 Å². The minimum atomic E-state index is -4.72. The first kappa shape index (κ1) is 17.8. The summed E-state index contributed by atoms with van der Waals surface area (Å²) in [5, 5.41) is 9.50. The van der Waals surface area contributed by atoms with Crippen LogP contribution in [-0.4, -0.2) is 22.9 Å². The Kier molecular flexibility index (Phi) is 5.64. The highest BCUT2D eigenvalue weighted by Gasteiger charge is 2.49. The minimum absolute atomic E-state index is 0.0704. The van der Waals surface area contributed by atoms with Crippen molar-refractivity contribution in [2.75, 3.05) is 0 Å². The zero-order chi connectivity index (χ0) is 16.3. The molecule has 0 saturated heterocycles. The second-order valence-corrected chi connectivity index (χ2v) is 5.03. The maximum atomic E-state index is 13.2. The van der Waals surface area contributed by atoms with Gasteiger partial charge in [-0.2, -0.15) is 13.2 Å². The predicted octanol–water partition coefficient (Wildman–Crippen LogP) is 4.60. The lowest BCUT2D eigenvalue weighted by molar-refractivity contribution is -0.259. The van der Waals surface area contributed by atoms with Crippen LogP contribution in [0.25, 0.3) is 0 Å². The second-order valence-electron chi connectivity index (χ2n) is 4.60. The highest BCUT2D eigenvalue weighted by atomic mass is 35.5. The van der Waals surface area contributed by atoms with Crippen LogP contribution in [0.1, 0.15) is 38.4 Å². The van der Waals surface area contributed by atoms with Crippen molar-refractivity contribution in [1.29, 1.82) is 0 Å². The quantitative estimate of drug-likeness (QED) is 0.831. The molecule has 1 atom stereocenters. The average molecular weight is 325 g/mol. The SMILES string of the molecule is CCC(CC)(OC(c1ccc(Cl)cc1)C(F)(F)F)C(=O)O. The molecule has 0 heterocycles. The standard InChI is InChI=1S/C14H16ClF3O3/c1-3-13(4-2,12(19)20)21-11(14(16,17)18)9-5-7-10(15)8-6-9/h5-8,11H,3-4H2,1-2H3,(H,19,20). The van der Waals surface area contributed by atoms with E-state index < -0.39 is 23.9 Å². The summed E-state index contributed by atoms with van der Waals surface area (Å²) in [5.41, 5.74) is -2.06. The zero-order valence-electron chi connectivity index (χ0n) is 11.6. The number of carbonyl (C=O) groups is 1. The fraction of sp³-hybridized carbons (Fsp3) is 0.500. The molecule has 0 aliphatic carbocycles. The van der Waals surface area contributed by atoms with Gasteiger partial charge in [0.05, 0.1) is 0 Å². The molecule has 7 heteroatoms. The first-order valence-corrected chi connectivity index (χ1v) is 6.77. The van der Waals surface area contributed by atoms with Crippen LogP contribution in [0.3, 0.4) is 0 Å². The van der Waals surface area contributed by atoms with Gasteiger partial charge in [-0.1, -0.05) is 37.6 Å². The first-order chi connectivity index (χ1) is 9.66. The highest BCUT2D eigenvalue weighted by Crippen LogP contribution is 2.40. The van der Waals surface area contributed by atoms with Gasteiger partial charge in [-0.3, -0.25) is 0 Å². The van der Waals surface area contributed by atoms with Crippen LogP contribution < -0.4 is 0 Å². The largest absolute Gasteiger partial charge is 0.479 e. The van der Waals surface area contributed by atoms with Crippen LogP contribution in [0.4, 0.5) is 13.2 Å². The van der Waals surface area contributed by atoms with E-state index in [-0.39, 0.29) is 23.4 Å². The van der Waals surface area contributed by atoms with E-state index >= 15 is 0 Å². The molecule has 1 N–H and O–H groups in total. The van der Waals surface area contributed by atoms with Gasteiger partial charge in [-0.25, -0.2) is 4.79 Å². The van der Waals surface area contributed by atoms with Crippen molar-refractivity contribution in [3.63, 3.8) is 0 Å². The Balaban J connectivity index is 3.21. The molecule has 0 aromatic heterocycles. The van der Waals surface area contributed by atoms with Crippen LogP contribution >= 0.6 is 11.6 Å². The number of alkyl halides is 3. The van der Waals surface area contributed by atoms with Crippen molar-refractivity contribution in [3.8, 4) is 0 Å². The van der Waals surface area contributed by atoms with E-state index in [9.17, 15) is 23.1 Å². The number of ether oxygens (including phenoxy) is 1. The summed E-state index contributed by atoms with van der Waals surface area (Å²) >= 11 is 5.65. The lowest BCUT2D eigenvalue weighted by Gasteiger charge is -2.33. The monoisotopic (exact) mass is 324 g/mol. The topological polar surface area (TPSA) is 46.5 Å². The number of carboxylic acid groups (broad SMARTS) is 1. The van der Waals surface area contributed by atoms with E-state index in [0.29, 0.717) is 0 Å². The molecule has 0 aliphatic heterocycles. The van der Waals surface area contributed by atoms with Gasteiger partial charge in [0.1, 0.15) is 0 Å². The third-order valence-corrected chi connectivity index (χ3v) is 3.60. The number of halogens is 4. The van der Waals surface area contributed by atoms with E-state index in [0.717, 1.165) is 0 Å². The molecule has 0 aliphatic rings. The summed E-state index contributed by atoms with van der Waals surface area (Å²) in [5.74, 6) is -1.41. The Hall–Kier alpha value is -1.27. The average Bonchev–Trinajstić information content (AvgIpc) is 2.40. The normalized spacial score (nSPS) is 14.0. The Morgan fingerprint density at radius 3 is 2.05 bits per heavy atom. The summed E-state index contributed by atoms with van der Waals surface area (Å²) in [6.45, 7) is 2.96. The highest BCUT2D eigenvalue weighted by molar-refractivity contribution is 6.30. The molecule has 0 amide bonds. The molecule has 0 bridgehead atoms. The van der Waals surface area contributed by atoms with E-state index in [1.165, 1.54) is 38.1 Å². The summed E-state index contributed by atoms with van der Waals surface area (Å²) in [4.78, 5) is 11.3. The smallest absolute Gasteiger partial charge is 0.418 e. The lowest BCUT2D eigenvalue weighted by Crippen LogP contribution is -2.44. The van der Waals surface area contributed by atoms with Crippen LogP contribution in [0, 0.1) is 0 Å². The Bertz CT molecular complexity index is 481. The van der Waals surface area contributed by atoms with Crippen LogP contribution in [-0.2, 0) is 9.53 Å². The summed E-state index contributed by atoms with van der Waals surface area (Å²) in [6, 6.07) is 4.97. The molecule has 118 valence electrons. The number of carboxylic acids is 1. The molecule has 1 unspecified atom stereocenters. The fourth-order valence-electron chi connectivity index (χ4n) is 1.96. The van der Waals surface area contributed by atoms with Crippen molar-refractivity contribution < 1.29 is 27.8 Å². The van der Waals surface area contributed by atoms with Gasteiger partial charge >= 0.3 is 12.1 Å². The molecule has 1 rings (SSSR count). The predicted molar refractivity (Wildman–Crippen MR) is 72.3 cm³/mol. The summed E-state index contributed by atoms with van der Waals surface area (Å²) in [6.07, 6.45) is -7.18. The van der Waals surface area contributed by atoms with Gasteiger partial charge in [0, 0.05) is 5.02 Å². The van der Waals surface area contributed by atoms with Crippen molar-refractivity contribution in [2.45, 2.75) is 44.6 Å². The second kappa shape index (κ2) is 6.66. The number of hydrogen-bond acceptors (Lipinski definition) is 2. The van der Waals surface area contributed by atoms with Gasteiger partial charge in [0.2, 0.25) is 0 Å². The van der Waals surface area contributed by atoms with Gasteiger partial charge in [-0.15, -0.1) is 0 Å². The van der Waals surface area contributed by atoms with Gasteiger partial charge in [-0.05, 0) is 30.5 Å². The molecule has 0 spiro atoms. The first-order valence-electron chi connectivity index (χ1n) is 6.39. The number of hydrogen-bond donors (Lipinski definition) is 1. The molecule has 1 aromatic rings. The molecular weight excluding hydrogens is 309 g/mol. The third-order valence-electron chi connectivity index (χ3n) is 3.35. The molecule has 0 saturated carbocycles. The van der Waals surface area contributed by atoms with E-state index in [1.807, 2.05) is 0 Å². The number of rotatable bonds is 6. The van der Waals surface area contributed by atoms with Crippen LogP contribution in [0.5, 0.6) is 0 Å². The van der Waals surface area contributed by atoms with Gasteiger partial charge < -0.3 is 9.84 Å². The molecule has 1 aromatic carbocycles. The molecular formula is C14H16ClF3O3. The molecule has 0 radical (unpaired) electrons. The molecule has 3 nitrogen and oxygen atoms in total. The van der Waals surface area contributed by atoms with E-state index in [1.54, 1.807) is 0 Å². The van der Waals surface area contributed by atoms with Crippen molar-refractivity contribution >= 4 is 17.6 Å². The summed E-state index contributed by atoms with van der Waals surface area (Å²) < 4.78 is 44.7. The zero-order valence-corrected chi connectivity index (χ0v) is 12.3. The summed E-state index contributed by atoms with van der Waals surface area (Å²) in [7, 11) is 0. The number of aliphatic carboxylic acids is 1. The third kappa shape index (κ3) is 4.11. The van der Waals surface area contributed by atoms with Crippen LogP contribution in [0.2, 0.25) is 5.02 Å². The molecule has 21 heavy (non-hydrogen) atoms. The molecule has 0 fully saturated rings. The van der Waals surface area contributed by atoms with E-state index in [2.05, 4.69) is 0 Å².